The fourth-order valence-corrected chi connectivity index (χ4v) is 1.78. The molecule has 78 valence electrons. The molecular formula is C11H9BrO3. The number of esters is 1. The lowest BCUT2D eigenvalue weighted by Crippen LogP contribution is -2.18. The lowest BCUT2D eigenvalue weighted by atomic mass is 10.1. The van der Waals surface area contributed by atoms with Crippen molar-refractivity contribution in [2.45, 2.75) is 12.2 Å². The number of aliphatic hydroxyl groups excluding tert-OH is 1. The highest BCUT2D eigenvalue weighted by Crippen LogP contribution is 2.28. The van der Waals surface area contributed by atoms with Crippen LogP contribution in [0.3, 0.4) is 0 Å². The van der Waals surface area contributed by atoms with Crippen molar-refractivity contribution in [3.63, 3.8) is 0 Å². The zero-order valence-electron chi connectivity index (χ0n) is 7.76. The fourth-order valence-electron chi connectivity index (χ4n) is 1.42. The monoisotopic (exact) mass is 268 g/mol. The molecule has 2 rings (SSSR count). The average Bonchev–Trinajstić information content (AvgIpc) is 2.59. The standard InChI is InChI=1S/C11H9BrO3/c12-8-6-9(15-11(8)14)10(13)7-4-2-1-3-5-7/h1-6,9-10,13H. The highest BCUT2D eigenvalue weighted by Gasteiger charge is 2.30. The van der Waals surface area contributed by atoms with E-state index in [1.165, 1.54) is 0 Å². The highest BCUT2D eigenvalue weighted by atomic mass is 79.9. The van der Waals surface area contributed by atoms with Gasteiger partial charge in [-0.05, 0) is 27.6 Å². The van der Waals surface area contributed by atoms with Gasteiger partial charge in [-0.1, -0.05) is 30.3 Å². The van der Waals surface area contributed by atoms with Crippen molar-refractivity contribution in [1.29, 1.82) is 0 Å². The summed E-state index contributed by atoms with van der Waals surface area (Å²) in [4.78, 5) is 11.1. The molecule has 0 saturated heterocycles. The van der Waals surface area contributed by atoms with Crippen molar-refractivity contribution in [2.24, 2.45) is 0 Å². The van der Waals surface area contributed by atoms with Crippen LogP contribution in [0.2, 0.25) is 0 Å². The summed E-state index contributed by atoms with van der Waals surface area (Å²) in [6, 6.07) is 9.10. The van der Waals surface area contributed by atoms with Crippen LogP contribution in [0.15, 0.2) is 40.9 Å². The van der Waals surface area contributed by atoms with Crippen molar-refractivity contribution < 1.29 is 14.6 Å². The molecule has 0 aliphatic carbocycles. The number of carbonyl (C=O) groups excluding carboxylic acids is 1. The largest absolute Gasteiger partial charge is 0.451 e. The van der Waals surface area contributed by atoms with Gasteiger partial charge in [-0.2, -0.15) is 0 Å². The highest BCUT2D eigenvalue weighted by molar-refractivity contribution is 9.12. The summed E-state index contributed by atoms with van der Waals surface area (Å²) >= 11 is 3.06. The number of benzene rings is 1. The first-order chi connectivity index (χ1) is 7.18. The number of hydrogen-bond donors (Lipinski definition) is 1. The Morgan fingerprint density at radius 1 is 1.33 bits per heavy atom. The summed E-state index contributed by atoms with van der Waals surface area (Å²) < 4.78 is 5.32. The molecule has 1 heterocycles. The molecule has 1 aromatic carbocycles. The van der Waals surface area contributed by atoms with Crippen molar-refractivity contribution in [1.82, 2.24) is 0 Å². The Bertz CT molecular complexity index is 400. The predicted molar refractivity (Wildman–Crippen MR) is 58.3 cm³/mol. The maximum absolute atomic E-state index is 11.1. The van der Waals surface area contributed by atoms with Gasteiger partial charge >= 0.3 is 5.97 Å². The molecule has 0 radical (unpaired) electrons. The number of ether oxygens (including phenoxy) is 1. The fraction of sp³-hybridized carbons (Fsp3) is 0.182. The molecule has 0 fully saturated rings. The molecule has 0 bridgehead atoms. The van der Waals surface area contributed by atoms with Crippen molar-refractivity contribution >= 4 is 21.9 Å². The van der Waals surface area contributed by atoms with Crippen LogP contribution in [0.4, 0.5) is 0 Å². The van der Waals surface area contributed by atoms with E-state index in [4.69, 9.17) is 4.74 Å². The minimum Gasteiger partial charge on any atom is -0.451 e. The zero-order valence-corrected chi connectivity index (χ0v) is 9.35. The summed E-state index contributed by atoms with van der Waals surface area (Å²) in [5.74, 6) is -0.435. The van der Waals surface area contributed by atoms with Gasteiger partial charge in [0, 0.05) is 0 Å². The van der Waals surface area contributed by atoms with E-state index in [0.29, 0.717) is 4.48 Å². The number of cyclic esters (lactones) is 1. The predicted octanol–water partition coefficient (Wildman–Crippen LogP) is 1.92. The molecule has 1 N–H and O–H groups in total. The maximum Gasteiger partial charge on any atom is 0.345 e. The van der Waals surface area contributed by atoms with Gasteiger partial charge in [-0.15, -0.1) is 0 Å². The van der Waals surface area contributed by atoms with Gasteiger partial charge < -0.3 is 9.84 Å². The van der Waals surface area contributed by atoms with Gasteiger partial charge in [0.2, 0.25) is 0 Å². The molecule has 4 heteroatoms. The van der Waals surface area contributed by atoms with Crippen LogP contribution in [-0.2, 0) is 9.53 Å². The molecule has 0 aromatic heterocycles. The molecule has 2 unspecified atom stereocenters. The molecule has 2 atom stereocenters. The third-order valence-corrected chi connectivity index (χ3v) is 2.79. The second-order valence-corrected chi connectivity index (χ2v) is 4.09. The molecule has 0 saturated carbocycles. The molecular weight excluding hydrogens is 260 g/mol. The molecule has 0 amide bonds. The Balaban J connectivity index is 2.17. The van der Waals surface area contributed by atoms with Gasteiger partial charge in [-0.3, -0.25) is 0 Å². The lowest BCUT2D eigenvalue weighted by Gasteiger charge is -2.15. The Morgan fingerprint density at radius 2 is 2.00 bits per heavy atom. The topological polar surface area (TPSA) is 46.5 Å². The maximum atomic E-state index is 11.1. The minimum atomic E-state index is -0.815. The number of halogens is 1. The van der Waals surface area contributed by atoms with Crippen LogP contribution in [0.5, 0.6) is 0 Å². The van der Waals surface area contributed by atoms with E-state index in [1.54, 1.807) is 18.2 Å². The lowest BCUT2D eigenvalue weighted by molar-refractivity contribution is -0.143. The average molecular weight is 269 g/mol. The van der Waals surface area contributed by atoms with Crippen LogP contribution in [0.25, 0.3) is 0 Å². The second kappa shape index (κ2) is 4.16. The first-order valence-corrected chi connectivity index (χ1v) is 5.29. The third-order valence-electron chi connectivity index (χ3n) is 2.20. The van der Waals surface area contributed by atoms with Crippen LogP contribution < -0.4 is 0 Å². The molecule has 0 spiro atoms. The van der Waals surface area contributed by atoms with E-state index in [0.717, 1.165) is 5.56 Å². The summed E-state index contributed by atoms with van der Waals surface area (Å²) in [6.07, 6.45) is 0.152. The molecule has 3 nitrogen and oxygen atoms in total. The smallest absolute Gasteiger partial charge is 0.345 e. The zero-order chi connectivity index (χ0) is 10.8. The number of rotatable bonds is 2. The summed E-state index contributed by atoms with van der Waals surface area (Å²) in [5, 5.41) is 9.91. The van der Waals surface area contributed by atoms with Gasteiger partial charge in [0.1, 0.15) is 10.6 Å². The first kappa shape index (κ1) is 10.4. The third kappa shape index (κ3) is 2.11. The Hall–Kier alpha value is -1.13. The number of carbonyl (C=O) groups is 1. The van der Waals surface area contributed by atoms with Gasteiger partial charge in [-0.25, -0.2) is 4.79 Å². The molecule has 1 aliphatic rings. The number of aliphatic hydroxyl groups is 1. The van der Waals surface area contributed by atoms with Crippen LogP contribution in [-0.4, -0.2) is 17.2 Å². The van der Waals surface area contributed by atoms with Crippen LogP contribution in [0, 0.1) is 0 Å². The SMILES string of the molecule is O=C1OC(C(O)c2ccccc2)C=C1Br. The number of hydrogen-bond acceptors (Lipinski definition) is 3. The summed E-state index contributed by atoms with van der Waals surface area (Å²) in [7, 11) is 0. The first-order valence-electron chi connectivity index (χ1n) is 4.50. The van der Waals surface area contributed by atoms with E-state index in [-0.39, 0.29) is 0 Å². The Morgan fingerprint density at radius 3 is 2.53 bits per heavy atom. The van der Waals surface area contributed by atoms with E-state index >= 15 is 0 Å². The Labute approximate surface area is 95.5 Å². The van der Waals surface area contributed by atoms with E-state index in [9.17, 15) is 9.90 Å². The van der Waals surface area contributed by atoms with Crippen LogP contribution >= 0.6 is 15.9 Å². The molecule has 15 heavy (non-hydrogen) atoms. The molecule has 1 aromatic rings. The molecule has 1 aliphatic heterocycles. The normalized spacial score (nSPS) is 22.1. The van der Waals surface area contributed by atoms with Crippen molar-refractivity contribution in [3.05, 3.63) is 46.5 Å². The summed E-state index contributed by atoms with van der Waals surface area (Å²) in [5.41, 5.74) is 0.730. The Kier molecular flexibility index (Phi) is 2.88. The van der Waals surface area contributed by atoms with Gasteiger partial charge in [0.05, 0.1) is 0 Å². The second-order valence-electron chi connectivity index (χ2n) is 3.24. The quantitative estimate of drug-likeness (QED) is 0.834. The van der Waals surface area contributed by atoms with Crippen molar-refractivity contribution in [3.8, 4) is 0 Å². The van der Waals surface area contributed by atoms with E-state index < -0.39 is 18.2 Å². The van der Waals surface area contributed by atoms with Crippen LogP contribution in [0.1, 0.15) is 11.7 Å². The van der Waals surface area contributed by atoms with Gasteiger partial charge in [0.25, 0.3) is 0 Å². The van der Waals surface area contributed by atoms with E-state index in [2.05, 4.69) is 15.9 Å². The van der Waals surface area contributed by atoms with E-state index in [1.807, 2.05) is 18.2 Å². The summed E-state index contributed by atoms with van der Waals surface area (Å²) in [6.45, 7) is 0. The van der Waals surface area contributed by atoms with Gasteiger partial charge in [0.15, 0.2) is 6.10 Å². The minimum absolute atomic E-state index is 0.363. The van der Waals surface area contributed by atoms with Crippen molar-refractivity contribution in [2.75, 3.05) is 0 Å².